The molecule has 2 N–H and O–H groups in total. The number of pyridine rings is 1. The van der Waals surface area contributed by atoms with E-state index in [9.17, 15) is 14.0 Å². The second-order valence-electron chi connectivity index (χ2n) is 6.59. The third-order valence-corrected chi connectivity index (χ3v) is 4.21. The number of nitrogens with one attached hydrogen (secondary N) is 2. The standard InChI is InChI=1S/C22H20FN3O2/c1-14(2)15-7-9-17(10-8-15)25-21(27)16-11-12-24-20(13-16)22(28)26-19-6-4-3-5-18(19)23/h3-14H,1-2H3,(H,25,27)(H,26,28). The third kappa shape index (κ3) is 4.59. The van der Waals surface area contributed by atoms with Gasteiger partial charge in [0.1, 0.15) is 11.5 Å². The van der Waals surface area contributed by atoms with Crippen molar-refractivity contribution in [2.45, 2.75) is 19.8 Å². The summed E-state index contributed by atoms with van der Waals surface area (Å²) in [5, 5.41) is 5.24. The molecule has 0 spiro atoms. The van der Waals surface area contributed by atoms with E-state index in [1.165, 1.54) is 42.1 Å². The summed E-state index contributed by atoms with van der Waals surface area (Å²) in [4.78, 5) is 28.8. The molecule has 3 rings (SSSR count). The van der Waals surface area contributed by atoms with Crippen LogP contribution in [0, 0.1) is 5.82 Å². The summed E-state index contributed by atoms with van der Waals surface area (Å²) < 4.78 is 13.7. The van der Waals surface area contributed by atoms with Gasteiger partial charge in [-0.05, 0) is 47.9 Å². The van der Waals surface area contributed by atoms with Gasteiger partial charge in [-0.25, -0.2) is 4.39 Å². The molecule has 0 saturated carbocycles. The maximum absolute atomic E-state index is 13.7. The van der Waals surface area contributed by atoms with Gasteiger partial charge >= 0.3 is 0 Å². The van der Waals surface area contributed by atoms with Gasteiger partial charge in [-0.3, -0.25) is 14.6 Å². The largest absolute Gasteiger partial charge is 0.322 e. The van der Waals surface area contributed by atoms with Crippen LogP contribution >= 0.6 is 0 Å². The van der Waals surface area contributed by atoms with Crippen molar-refractivity contribution in [3.63, 3.8) is 0 Å². The number of anilines is 2. The van der Waals surface area contributed by atoms with Crippen molar-refractivity contribution in [3.8, 4) is 0 Å². The van der Waals surface area contributed by atoms with Gasteiger partial charge in [-0.15, -0.1) is 0 Å². The van der Waals surface area contributed by atoms with E-state index in [-0.39, 0.29) is 22.9 Å². The molecular formula is C22H20FN3O2. The van der Waals surface area contributed by atoms with E-state index in [0.29, 0.717) is 11.6 Å². The molecular weight excluding hydrogens is 357 g/mol. The van der Waals surface area contributed by atoms with Crippen molar-refractivity contribution in [2.24, 2.45) is 0 Å². The van der Waals surface area contributed by atoms with Gasteiger partial charge in [0.2, 0.25) is 0 Å². The summed E-state index contributed by atoms with van der Waals surface area (Å²) in [6.07, 6.45) is 1.37. The fraction of sp³-hybridized carbons (Fsp3) is 0.136. The van der Waals surface area contributed by atoms with Crippen molar-refractivity contribution in [1.29, 1.82) is 0 Å². The van der Waals surface area contributed by atoms with Gasteiger partial charge in [0.25, 0.3) is 11.8 Å². The number of hydrogen-bond donors (Lipinski definition) is 2. The highest BCUT2D eigenvalue weighted by molar-refractivity contribution is 6.07. The number of halogens is 1. The van der Waals surface area contributed by atoms with Crippen LogP contribution in [-0.4, -0.2) is 16.8 Å². The van der Waals surface area contributed by atoms with Gasteiger partial charge in [-0.1, -0.05) is 38.1 Å². The summed E-state index contributed by atoms with van der Waals surface area (Å²) in [5.74, 6) is -1.10. The van der Waals surface area contributed by atoms with E-state index < -0.39 is 11.7 Å². The first-order valence-corrected chi connectivity index (χ1v) is 8.87. The first-order chi connectivity index (χ1) is 13.4. The molecule has 0 atom stereocenters. The molecule has 0 aliphatic heterocycles. The first-order valence-electron chi connectivity index (χ1n) is 8.87. The number of hydrogen-bond acceptors (Lipinski definition) is 3. The van der Waals surface area contributed by atoms with E-state index >= 15 is 0 Å². The molecule has 0 bridgehead atoms. The molecule has 0 radical (unpaired) electrons. The molecule has 2 aromatic carbocycles. The van der Waals surface area contributed by atoms with Crippen LogP contribution in [0.5, 0.6) is 0 Å². The highest BCUT2D eigenvalue weighted by Gasteiger charge is 2.14. The molecule has 2 amide bonds. The monoisotopic (exact) mass is 377 g/mol. The molecule has 1 aromatic heterocycles. The Kier molecular flexibility index (Phi) is 5.79. The molecule has 28 heavy (non-hydrogen) atoms. The lowest BCUT2D eigenvalue weighted by Gasteiger charge is -2.09. The number of para-hydroxylation sites is 1. The van der Waals surface area contributed by atoms with E-state index in [2.05, 4.69) is 29.5 Å². The van der Waals surface area contributed by atoms with Crippen molar-refractivity contribution in [2.75, 3.05) is 10.6 Å². The Labute approximate surface area is 162 Å². The van der Waals surface area contributed by atoms with E-state index in [1.54, 1.807) is 6.07 Å². The summed E-state index contributed by atoms with van der Waals surface area (Å²) in [6.45, 7) is 4.19. The lowest BCUT2D eigenvalue weighted by atomic mass is 10.0. The predicted molar refractivity (Wildman–Crippen MR) is 107 cm³/mol. The summed E-state index contributed by atoms with van der Waals surface area (Å²) in [6, 6.07) is 16.3. The van der Waals surface area contributed by atoms with Gasteiger partial charge in [0.05, 0.1) is 5.69 Å². The van der Waals surface area contributed by atoms with Gasteiger partial charge in [0, 0.05) is 17.4 Å². The zero-order valence-corrected chi connectivity index (χ0v) is 15.6. The van der Waals surface area contributed by atoms with Crippen molar-refractivity contribution >= 4 is 23.2 Å². The third-order valence-electron chi connectivity index (χ3n) is 4.21. The average molecular weight is 377 g/mol. The molecule has 6 heteroatoms. The molecule has 1 heterocycles. The maximum Gasteiger partial charge on any atom is 0.274 e. The lowest BCUT2D eigenvalue weighted by molar-refractivity contribution is 0.102. The van der Waals surface area contributed by atoms with Crippen LogP contribution in [0.2, 0.25) is 0 Å². The van der Waals surface area contributed by atoms with Crippen LogP contribution in [-0.2, 0) is 0 Å². The van der Waals surface area contributed by atoms with Crippen LogP contribution in [0.4, 0.5) is 15.8 Å². The fourth-order valence-corrected chi connectivity index (χ4v) is 2.60. The first kappa shape index (κ1) is 19.2. The minimum absolute atomic E-state index is 0.0195. The van der Waals surface area contributed by atoms with Crippen molar-refractivity contribution in [3.05, 3.63) is 89.5 Å². The van der Waals surface area contributed by atoms with Gasteiger partial charge in [0.15, 0.2) is 0 Å². The van der Waals surface area contributed by atoms with E-state index in [1.807, 2.05) is 24.3 Å². The minimum atomic E-state index is -0.596. The van der Waals surface area contributed by atoms with Crippen LogP contribution in [0.3, 0.4) is 0 Å². The molecule has 0 saturated heterocycles. The van der Waals surface area contributed by atoms with Crippen molar-refractivity contribution in [1.82, 2.24) is 4.98 Å². The quantitative estimate of drug-likeness (QED) is 0.668. The second-order valence-corrected chi connectivity index (χ2v) is 6.59. The number of amides is 2. The SMILES string of the molecule is CC(C)c1ccc(NC(=O)c2ccnc(C(=O)Nc3ccccc3F)c2)cc1. The number of benzene rings is 2. The number of rotatable bonds is 5. The highest BCUT2D eigenvalue weighted by atomic mass is 19.1. The lowest BCUT2D eigenvalue weighted by Crippen LogP contribution is -2.17. The summed E-state index contributed by atoms with van der Waals surface area (Å²) in [5.41, 5.74) is 2.18. The summed E-state index contributed by atoms with van der Waals surface area (Å²) >= 11 is 0. The highest BCUT2D eigenvalue weighted by Crippen LogP contribution is 2.18. The zero-order chi connectivity index (χ0) is 20.1. The molecule has 0 aliphatic carbocycles. The number of aromatic nitrogens is 1. The Morgan fingerprint density at radius 2 is 1.64 bits per heavy atom. The molecule has 0 aliphatic rings. The Morgan fingerprint density at radius 3 is 2.32 bits per heavy atom. The Hall–Kier alpha value is -3.54. The van der Waals surface area contributed by atoms with Crippen LogP contribution in [0.1, 0.15) is 46.2 Å². The Balaban J connectivity index is 1.72. The molecule has 3 aromatic rings. The molecule has 0 unspecified atom stereocenters. The number of nitrogens with zero attached hydrogens (tertiary/aromatic N) is 1. The number of carbonyl (C=O) groups excluding carboxylic acids is 2. The normalized spacial score (nSPS) is 10.6. The minimum Gasteiger partial charge on any atom is -0.322 e. The van der Waals surface area contributed by atoms with E-state index in [4.69, 9.17) is 0 Å². The zero-order valence-electron chi connectivity index (χ0n) is 15.6. The van der Waals surface area contributed by atoms with Gasteiger partial charge < -0.3 is 10.6 Å². The fourth-order valence-electron chi connectivity index (χ4n) is 2.60. The smallest absolute Gasteiger partial charge is 0.274 e. The van der Waals surface area contributed by atoms with Crippen LogP contribution < -0.4 is 10.6 Å². The Bertz CT molecular complexity index is 1000. The summed E-state index contributed by atoms with van der Waals surface area (Å²) in [7, 11) is 0. The molecule has 142 valence electrons. The Morgan fingerprint density at radius 1 is 0.929 bits per heavy atom. The number of carbonyl (C=O) groups is 2. The van der Waals surface area contributed by atoms with Crippen LogP contribution in [0.15, 0.2) is 66.9 Å². The molecule has 0 fully saturated rings. The van der Waals surface area contributed by atoms with E-state index in [0.717, 1.165) is 0 Å². The second kappa shape index (κ2) is 8.43. The topological polar surface area (TPSA) is 71.1 Å². The average Bonchev–Trinajstić information content (AvgIpc) is 2.70. The van der Waals surface area contributed by atoms with Crippen molar-refractivity contribution < 1.29 is 14.0 Å². The molecule has 5 nitrogen and oxygen atoms in total. The maximum atomic E-state index is 13.7. The van der Waals surface area contributed by atoms with Crippen LogP contribution in [0.25, 0.3) is 0 Å². The predicted octanol–water partition coefficient (Wildman–Crippen LogP) is 4.85. The van der Waals surface area contributed by atoms with Gasteiger partial charge in [-0.2, -0.15) is 0 Å².